The van der Waals surface area contributed by atoms with Crippen LogP contribution in [0.25, 0.3) is 0 Å². The fourth-order valence-electron chi connectivity index (χ4n) is 1.49. The minimum Gasteiger partial charge on any atom is -0.370 e. The highest BCUT2D eigenvalue weighted by Crippen LogP contribution is 2.05. The molecular weight excluding hydrogens is 200 g/mol. The van der Waals surface area contributed by atoms with Crippen molar-refractivity contribution in [2.45, 2.75) is 33.2 Å². The number of nitrogens with one attached hydrogen (secondary N) is 1. The first-order valence-electron chi connectivity index (χ1n) is 5.86. The lowest BCUT2D eigenvalue weighted by Crippen LogP contribution is -2.30. The molecule has 0 spiro atoms. The van der Waals surface area contributed by atoms with Gasteiger partial charge < -0.3 is 10.2 Å². The fraction of sp³-hybridized carbons (Fsp3) is 0.667. The highest BCUT2D eigenvalue weighted by molar-refractivity contribution is 5.34. The first kappa shape index (κ1) is 12.9. The molecule has 0 aliphatic carbocycles. The second-order valence-corrected chi connectivity index (χ2v) is 4.18. The first-order valence-corrected chi connectivity index (χ1v) is 5.86. The molecule has 1 aromatic rings. The molecule has 1 aromatic heterocycles. The molecule has 4 nitrogen and oxygen atoms in total. The summed E-state index contributed by atoms with van der Waals surface area (Å²) in [5.74, 6) is 0.916. The maximum absolute atomic E-state index is 4.17. The number of aromatic nitrogens is 2. The van der Waals surface area contributed by atoms with Crippen molar-refractivity contribution in [3.63, 3.8) is 0 Å². The Morgan fingerprint density at radius 2 is 2.19 bits per heavy atom. The Kier molecular flexibility index (Phi) is 5.19. The van der Waals surface area contributed by atoms with E-state index in [2.05, 4.69) is 41.1 Å². The quantitative estimate of drug-likeness (QED) is 0.798. The zero-order valence-electron chi connectivity index (χ0n) is 10.7. The molecule has 1 rings (SSSR count). The van der Waals surface area contributed by atoms with Crippen molar-refractivity contribution in [3.8, 4) is 0 Å². The van der Waals surface area contributed by atoms with Crippen LogP contribution >= 0.6 is 0 Å². The fourth-order valence-corrected chi connectivity index (χ4v) is 1.49. The molecule has 16 heavy (non-hydrogen) atoms. The molecule has 1 heterocycles. The van der Waals surface area contributed by atoms with Gasteiger partial charge in [-0.25, -0.2) is 9.97 Å². The standard InChI is InChI=1S/C12H22N4/c1-5-16(4)11(3)6-7-13-12-8-10(2)14-9-15-12/h8-9,11H,5-7H2,1-4H3,(H,13,14,15)/t11-/m0/s1. The van der Waals surface area contributed by atoms with Gasteiger partial charge in [0, 0.05) is 24.3 Å². The number of nitrogens with zero attached hydrogens (tertiary/aromatic N) is 3. The molecule has 4 heteroatoms. The average molecular weight is 222 g/mol. The molecule has 90 valence electrons. The molecule has 0 radical (unpaired) electrons. The molecule has 0 fully saturated rings. The Balaban J connectivity index is 2.30. The van der Waals surface area contributed by atoms with Crippen molar-refractivity contribution in [2.75, 3.05) is 25.5 Å². The molecule has 0 saturated heterocycles. The molecule has 1 N–H and O–H groups in total. The number of rotatable bonds is 6. The summed E-state index contributed by atoms with van der Waals surface area (Å²) >= 11 is 0. The van der Waals surface area contributed by atoms with E-state index in [1.54, 1.807) is 6.33 Å². The van der Waals surface area contributed by atoms with E-state index in [1.165, 1.54) is 0 Å². The van der Waals surface area contributed by atoms with Crippen molar-refractivity contribution in [2.24, 2.45) is 0 Å². The van der Waals surface area contributed by atoms with Crippen LogP contribution < -0.4 is 5.32 Å². The number of anilines is 1. The Hall–Kier alpha value is -1.16. The number of hydrogen-bond donors (Lipinski definition) is 1. The highest BCUT2D eigenvalue weighted by atomic mass is 15.1. The van der Waals surface area contributed by atoms with Crippen LogP contribution in [0.3, 0.4) is 0 Å². The summed E-state index contributed by atoms with van der Waals surface area (Å²) in [5.41, 5.74) is 0.997. The molecule has 0 aliphatic heterocycles. The van der Waals surface area contributed by atoms with Crippen LogP contribution in [0, 0.1) is 6.92 Å². The summed E-state index contributed by atoms with van der Waals surface area (Å²) in [4.78, 5) is 10.6. The average Bonchev–Trinajstić information content (AvgIpc) is 2.28. The van der Waals surface area contributed by atoms with Crippen LogP contribution in [0.5, 0.6) is 0 Å². The molecule has 0 aliphatic rings. The van der Waals surface area contributed by atoms with Crippen molar-refractivity contribution in [1.82, 2.24) is 14.9 Å². The maximum atomic E-state index is 4.17. The van der Waals surface area contributed by atoms with Gasteiger partial charge in [0.15, 0.2) is 0 Å². The maximum Gasteiger partial charge on any atom is 0.129 e. The summed E-state index contributed by atoms with van der Waals surface area (Å²) in [6.45, 7) is 8.43. The third kappa shape index (κ3) is 4.14. The number of hydrogen-bond acceptors (Lipinski definition) is 4. The molecular formula is C12H22N4. The van der Waals surface area contributed by atoms with Gasteiger partial charge in [-0.15, -0.1) is 0 Å². The molecule has 0 amide bonds. The Bertz CT molecular complexity index is 314. The van der Waals surface area contributed by atoms with E-state index >= 15 is 0 Å². The van der Waals surface area contributed by atoms with E-state index in [0.717, 1.165) is 31.0 Å². The summed E-state index contributed by atoms with van der Waals surface area (Å²) in [5, 5.41) is 3.32. The van der Waals surface area contributed by atoms with Crippen molar-refractivity contribution in [1.29, 1.82) is 0 Å². The van der Waals surface area contributed by atoms with Crippen LogP contribution in [0.15, 0.2) is 12.4 Å². The van der Waals surface area contributed by atoms with Gasteiger partial charge in [0.05, 0.1) is 0 Å². The van der Waals surface area contributed by atoms with Gasteiger partial charge in [0.25, 0.3) is 0 Å². The van der Waals surface area contributed by atoms with Crippen LogP contribution in [0.4, 0.5) is 5.82 Å². The largest absolute Gasteiger partial charge is 0.370 e. The predicted octanol–water partition coefficient (Wildman–Crippen LogP) is 1.93. The van der Waals surface area contributed by atoms with Gasteiger partial charge in [-0.3, -0.25) is 0 Å². The third-order valence-corrected chi connectivity index (χ3v) is 2.92. The summed E-state index contributed by atoms with van der Waals surface area (Å²) in [6, 6.07) is 2.56. The molecule has 0 bridgehead atoms. The lowest BCUT2D eigenvalue weighted by Gasteiger charge is -2.23. The number of aryl methyl sites for hydroxylation is 1. The van der Waals surface area contributed by atoms with Gasteiger partial charge in [-0.2, -0.15) is 0 Å². The second kappa shape index (κ2) is 6.43. The normalized spacial score (nSPS) is 12.8. The van der Waals surface area contributed by atoms with Crippen molar-refractivity contribution in [3.05, 3.63) is 18.1 Å². The summed E-state index contributed by atoms with van der Waals surface area (Å²) in [6.07, 6.45) is 2.71. The Labute approximate surface area is 98.1 Å². The molecule has 0 saturated carbocycles. The van der Waals surface area contributed by atoms with Crippen molar-refractivity contribution < 1.29 is 0 Å². The van der Waals surface area contributed by atoms with E-state index in [9.17, 15) is 0 Å². The third-order valence-electron chi connectivity index (χ3n) is 2.92. The van der Waals surface area contributed by atoms with Crippen molar-refractivity contribution >= 4 is 5.82 Å². The Morgan fingerprint density at radius 1 is 1.44 bits per heavy atom. The lowest BCUT2D eigenvalue weighted by atomic mass is 10.2. The van der Waals surface area contributed by atoms with Gasteiger partial charge >= 0.3 is 0 Å². The van der Waals surface area contributed by atoms with E-state index < -0.39 is 0 Å². The first-order chi connectivity index (χ1) is 7.63. The highest BCUT2D eigenvalue weighted by Gasteiger charge is 2.06. The van der Waals surface area contributed by atoms with Crippen LogP contribution in [0.2, 0.25) is 0 Å². The van der Waals surface area contributed by atoms with Gasteiger partial charge in [-0.1, -0.05) is 6.92 Å². The topological polar surface area (TPSA) is 41.0 Å². The van der Waals surface area contributed by atoms with E-state index in [1.807, 2.05) is 13.0 Å². The smallest absolute Gasteiger partial charge is 0.129 e. The zero-order valence-corrected chi connectivity index (χ0v) is 10.7. The summed E-state index contributed by atoms with van der Waals surface area (Å²) < 4.78 is 0. The molecule has 0 aromatic carbocycles. The van der Waals surface area contributed by atoms with Crippen LogP contribution in [-0.2, 0) is 0 Å². The zero-order chi connectivity index (χ0) is 12.0. The Morgan fingerprint density at radius 3 is 2.81 bits per heavy atom. The van der Waals surface area contributed by atoms with E-state index in [-0.39, 0.29) is 0 Å². The van der Waals surface area contributed by atoms with Gasteiger partial charge in [-0.05, 0) is 33.9 Å². The van der Waals surface area contributed by atoms with E-state index in [4.69, 9.17) is 0 Å². The minimum atomic E-state index is 0.598. The van der Waals surface area contributed by atoms with E-state index in [0.29, 0.717) is 6.04 Å². The molecule has 0 unspecified atom stereocenters. The second-order valence-electron chi connectivity index (χ2n) is 4.18. The monoisotopic (exact) mass is 222 g/mol. The van der Waals surface area contributed by atoms with Crippen LogP contribution in [0.1, 0.15) is 26.0 Å². The molecule has 1 atom stereocenters. The SMILES string of the molecule is CCN(C)[C@@H](C)CCNc1cc(C)ncn1. The van der Waals surface area contributed by atoms with Crippen LogP contribution in [-0.4, -0.2) is 41.0 Å². The van der Waals surface area contributed by atoms with Gasteiger partial charge in [0.1, 0.15) is 12.1 Å². The minimum absolute atomic E-state index is 0.598. The lowest BCUT2D eigenvalue weighted by molar-refractivity contribution is 0.263. The summed E-state index contributed by atoms with van der Waals surface area (Å²) in [7, 11) is 2.15. The van der Waals surface area contributed by atoms with Gasteiger partial charge in [0.2, 0.25) is 0 Å². The predicted molar refractivity (Wildman–Crippen MR) is 67.6 cm³/mol.